The standard InChI is InChI=1S/C16H19N7O2/c24-15(20-7-3-4-13(10-20)23-12-17-11-18-23)6-9-22-16(25)21-8-2-1-5-14(21)19-22/h1-2,5,8,11-13H,3-4,6-7,9-10H2/t13-/m1/s1. The van der Waals surface area contributed by atoms with Gasteiger partial charge in [-0.05, 0) is 25.0 Å². The first-order valence-electron chi connectivity index (χ1n) is 8.38. The van der Waals surface area contributed by atoms with E-state index < -0.39 is 0 Å². The minimum absolute atomic E-state index is 0.0359. The van der Waals surface area contributed by atoms with Crippen LogP contribution in [-0.2, 0) is 11.3 Å². The summed E-state index contributed by atoms with van der Waals surface area (Å²) in [7, 11) is 0. The lowest BCUT2D eigenvalue weighted by atomic mass is 10.1. The molecule has 9 heteroatoms. The quantitative estimate of drug-likeness (QED) is 0.683. The summed E-state index contributed by atoms with van der Waals surface area (Å²) < 4.78 is 4.64. The molecular formula is C16H19N7O2. The van der Waals surface area contributed by atoms with E-state index in [1.807, 2.05) is 15.6 Å². The molecule has 0 bridgehead atoms. The molecule has 0 radical (unpaired) electrons. The van der Waals surface area contributed by atoms with Gasteiger partial charge in [-0.15, -0.1) is 5.10 Å². The minimum Gasteiger partial charge on any atom is -0.340 e. The predicted octanol–water partition coefficient (Wildman–Crippen LogP) is 0.341. The third kappa shape index (κ3) is 3.04. The Balaban J connectivity index is 1.41. The highest BCUT2D eigenvalue weighted by molar-refractivity contribution is 5.76. The smallest absolute Gasteiger partial charge is 0.340 e. The molecule has 0 saturated carbocycles. The normalized spacial score (nSPS) is 17.9. The summed E-state index contributed by atoms with van der Waals surface area (Å²) in [5.74, 6) is 0.0359. The van der Waals surface area contributed by atoms with Crippen molar-refractivity contribution < 1.29 is 4.79 Å². The van der Waals surface area contributed by atoms with Crippen molar-refractivity contribution >= 4 is 11.6 Å². The first-order valence-corrected chi connectivity index (χ1v) is 8.38. The maximum Gasteiger partial charge on any atom is 0.350 e. The molecule has 4 rings (SSSR count). The van der Waals surface area contributed by atoms with E-state index >= 15 is 0 Å². The topological polar surface area (TPSA) is 90.3 Å². The Bertz CT molecular complexity index is 928. The zero-order valence-electron chi connectivity index (χ0n) is 13.7. The summed E-state index contributed by atoms with van der Waals surface area (Å²) in [6, 6.07) is 5.55. The van der Waals surface area contributed by atoms with E-state index in [9.17, 15) is 9.59 Å². The number of nitrogens with zero attached hydrogens (tertiary/aromatic N) is 7. The van der Waals surface area contributed by atoms with Crippen LogP contribution in [0.15, 0.2) is 41.8 Å². The van der Waals surface area contributed by atoms with Crippen LogP contribution in [0.5, 0.6) is 0 Å². The van der Waals surface area contributed by atoms with Crippen LogP contribution >= 0.6 is 0 Å². The van der Waals surface area contributed by atoms with Gasteiger partial charge in [0.15, 0.2) is 5.65 Å². The molecule has 0 aromatic carbocycles. The van der Waals surface area contributed by atoms with Gasteiger partial charge in [0.1, 0.15) is 12.7 Å². The first-order chi connectivity index (χ1) is 12.2. The Morgan fingerprint density at radius 3 is 3.04 bits per heavy atom. The lowest BCUT2D eigenvalue weighted by Crippen LogP contribution is -2.41. The van der Waals surface area contributed by atoms with Crippen LogP contribution in [0.2, 0.25) is 0 Å². The predicted molar refractivity (Wildman–Crippen MR) is 88.9 cm³/mol. The summed E-state index contributed by atoms with van der Waals surface area (Å²) >= 11 is 0. The van der Waals surface area contributed by atoms with Gasteiger partial charge in [-0.1, -0.05) is 6.07 Å². The van der Waals surface area contributed by atoms with Crippen molar-refractivity contribution in [2.45, 2.75) is 31.8 Å². The van der Waals surface area contributed by atoms with E-state index in [4.69, 9.17) is 0 Å². The number of hydrogen-bond donors (Lipinski definition) is 0. The van der Waals surface area contributed by atoms with E-state index in [2.05, 4.69) is 15.2 Å². The summed E-state index contributed by atoms with van der Waals surface area (Å²) in [5.41, 5.74) is 0.367. The van der Waals surface area contributed by atoms with Crippen LogP contribution in [0, 0.1) is 0 Å². The van der Waals surface area contributed by atoms with Crippen LogP contribution < -0.4 is 5.69 Å². The number of pyridine rings is 1. The molecule has 9 nitrogen and oxygen atoms in total. The molecule has 3 aromatic heterocycles. The fourth-order valence-electron chi connectivity index (χ4n) is 3.28. The van der Waals surface area contributed by atoms with Crippen molar-refractivity contribution in [1.82, 2.24) is 33.8 Å². The molecule has 1 amide bonds. The molecule has 0 N–H and O–H groups in total. The molecule has 1 atom stereocenters. The molecule has 25 heavy (non-hydrogen) atoms. The average Bonchev–Trinajstić information content (AvgIpc) is 3.29. The number of hydrogen-bond acceptors (Lipinski definition) is 5. The minimum atomic E-state index is -0.220. The van der Waals surface area contributed by atoms with Crippen LogP contribution in [0.3, 0.4) is 0 Å². The lowest BCUT2D eigenvalue weighted by Gasteiger charge is -2.32. The van der Waals surface area contributed by atoms with Gasteiger partial charge < -0.3 is 4.90 Å². The molecule has 0 aliphatic carbocycles. The second-order valence-electron chi connectivity index (χ2n) is 6.20. The number of rotatable bonds is 4. The first kappa shape index (κ1) is 15.6. The van der Waals surface area contributed by atoms with Gasteiger partial charge in [0, 0.05) is 25.7 Å². The number of carbonyl (C=O) groups excluding carboxylic acids is 1. The zero-order chi connectivity index (χ0) is 17.2. The number of piperidine rings is 1. The van der Waals surface area contributed by atoms with Crippen molar-refractivity contribution in [3.8, 4) is 0 Å². The SMILES string of the molecule is O=C(CCn1nc2ccccn2c1=O)N1CCC[C@@H](n2cncn2)C1. The van der Waals surface area contributed by atoms with Crippen molar-refractivity contribution in [2.75, 3.05) is 13.1 Å². The lowest BCUT2D eigenvalue weighted by molar-refractivity contribution is -0.133. The summed E-state index contributed by atoms with van der Waals surface area (Å²) in [6.45, 7) is 1.65. The Morgan fingerprint density at radius 1 is 1.32 bits per heavy atom. The number of amides is 1. The Labute approximate surface area is 143 Å². The van der Waals surface area contributed by atoms with Gasteiger partial charge in [-0.3, -0.25) is 9.20 Å². The summed E-state index contributed by atoms with van der Waals surface area (Å²) in [6.07, 6.45) is 7.05. The van der Waals surface area contributed by atoms with Crippen LogP contribution in [0.1, 0.15) is 25.3 Å². The van der Waals surface area contributed by atoms with E-state index in [0.717, 1.165) is 19.4 Å². The molecule has 1 saturated heterocycles. The zero-order valence-corrected chi connectivity index (χ0v) is 13.7. The second-order valence-corrected chi connectivity index (χ2v) is 6.20. The van der Waals surface area contributed by atoms with E-state index in [-0.39, 0.29) is 30.6 Å². The largest absolute Gasteiger partial charge is 0.350 e. The Kier molecular flexibility index (Phi) is 4.04. The van der Waals surface area contributed by atoms with Gasteiger partial charge in [0.2, 0.25) is 5.91 Å². The van der Waals surface area contributed by atoms with Gasteiger partial charge in [-0.2, -0.15) is 5.10 Å². The molecule has 1 fully saturated rings. The average molecular weight is 341 g/mol. The molecule has 3 aromatic rings. The maximum absolute atomic E-state index is 12.5. The fraction of sp³-hybridized carbons (Fsp3) is 0.438. The maximum atomic E-state index is 12.5. The molecule has 130 valence electrons. The Hall–Kier alpha value is -2.97. The van der Waals surface area contributed by atoms with Crippen LogP contribution in [0.25, 0.3) is 5.65 Å². The van der Waals surface area contributed by atoms with Crippen molar-refractivity contribution in [2.24, 2.45) is 0 Å². The van der Waals surface area contributed by atoms with Crippen LogP contribution in [-0.4, -0.2) is 52.8 Å². The van der Waals surface area contributed by atoms with E-state index in [0.29, 0.717) is 12.2 Å². The molecule has 0 spiro atoms. The van der Waals surface area contributed by atoms with Crippen molar-refractivity contribution in [1.29, 1.82) is 0 Å². The van der Waals surface area contributed by atoms with Crippen LogP contribution in [0.4, 0.5) is 0 Å². The van der Waals surface area contributed by atoms with Gasteiger partial charge in [-0.25, -0.2) is 19.1 Å². The molecular weight excluding hydrogens is 322 g/mol. The summed E-state index contributed by atoms with van der Waals surface area (Å²) in [4.78, 5) is 30.6. The number of carbonyl (C=O) groups is 1. The summed E-state index contributed by atoms with van der Waals surface area (Å²) in [5, 5.41) is 8.43. The molecule has 0 unspecified atom stereocenters. The van der Waals surface area contributed by atoms with Gasteiger partial charge in [0.05, 0.1) is 12.6 Å². The fourth-order valence-corrected chi connectivity index (χ4v) is 3.28. The third-order valence-electron chi connectivity index (χ3n) is 4.59. The van der Waals surface area contributed by atoms with Gasteiger partial charge >= 0.3 is 5.69 Å². The highest BCUT2D eigenvalue weighted by Crippen LogP contribution is 2.20. The second kappa shape index (κ2) is 6.50. The van der Waals surface area contributed by atoms with Gasteiger partial charge in [0.25, 0.3) is 0 Å². The highest BCUT2D eigenvalue weighted by atomic mass is 16.2. The number of fused-ring (bicyclic) bond motifs is 1. The number of aromatic nitrogens is 6. The number of aryl methyl sites for hydroxylation is 1. The Morgan fingerprint density at radius 2 is 2.24 bits per heavy atom. The molecule has 4 heterocycles. The molecule has 1 aliphatic heterocycles. The van der Waals surface area contributed by atoms with E-state index in [1.54, 1.807) is 24.7 Å². The highest BCUT2D eigenvalue weighted by Gasteiger charge is 2.25. The monoisotopic (exact) mass is 341 g/mol. The number of likely N-dealkylation sites (tertiary alicyclic amines) is 1. The van der Waals surface area contributed by atoms with E-state index in [1.165, 1.54) is 15.4 Å². The van der Waals surface area contributed by atoms with Crippen molar-refractivity contribution in [3.63, 3.8) is 0 Å². The van der Waals surface area contributed by atoms with Crippen molar-refractivity contribution in [3.05, 3.63) is 47.5 Å². The third-order valence-corrected chi connectivity index (χ3v) is 4.59. The molecule has 1 aliphatic rings.